The third-order valence-electron chi connectivity index (χ3n) is 3.96. The second-order valence-corrected chi connectivity index (χ2v) is 5.22. The highest BCUT2D eigenvalue weighted by Crippen LogP contribution is 2.38. The first-order chi connectivity index (χ1) is 7.06. The van der Waals surface area contributed by atoms with Gasteiger partial charge in [-0.25, -0.2) is 0 Å². The van der Waals surface area contributed by atoms with Gasteiger partial charge in [0.25, 0.3) is 0 Å². The first-order valence-electron chi connectivity index (χ1n) is 5.83. The molecular weight excluding hydrogens is 186 g/mol. The van der Waals surface area contributed by atoms with E-state index in [1.165, 1.54) is 6.42 Å². The Morgan fingerprint density at radius 1 is 1.47 bits per heavy atom. The summed E-state index contributed by atoms with van der Waals surface area (Å²) in [6, 6.07) is 0.414. The number of nitrogens with zero attached hydrogens (tertiary/aromatic N) is 1. The lowest BCUT2D eigenvalue weighted by Crippen LogP contribution is -2.55. The van der Waals surface area contributed by atoms with Gasteiger partial charge in [0.2, 0.25) is 0 Å². The molecule has 1 aliphatic carbocycles. The highest BCUT2D eigenvalue weighted by molar-refractivity contribution is 5.83. The van der Waals surface area contributed by atoms with Crippen molar-refractivity contribution >= 4 is 5.78 Å². The SMILES string of the molecule is C#CC(C)(C)N1CCC(=O)[C@@H]2CCC[C@H]21. The largest absolute Gasteiger partial charge is 0.299 e. The lowest BCUT2D eigenvalue weighted by Gasteiger charge is -2.44. The maximum atomic E-state index is 11.8. The van der Waals surface area contributed by atoms with Crippen LogP contribution < -0.4 is 0 Å². The maximum Gasteiger partial charge on any atom is 0.138 e. The zero-order valence-corrected chi connectivity index (χ0v) is 9.62. The number of piperidine rings is 1. The van der Waals surface area contributed by atoms with Crippen LogP contribution in [0.15, 0.2) is 0 Å². The number of carbonyl (C=O) groups is 1. The molecule has 0 aromatic carbocycles. The van der Waals surface area contributed by atoms with Crippen molar-refractivity contribution in [1.82, 2.24) is 4.90 Å². The average Bonchev–Trinajstić information content (AvgIpc) is 2.67. The van der Waals surface area contributed by atoms with E-state index in [9.17, 15) is 4.79 Å². The molecule has 0 spiro atoms. The van der Waals surface area contributed by atoms with Gasteiger partial charge >= 0.3 is 0 Å². The second-order valence-electron chi connectivity index (χ2n) is 5.22. The monoisotopic (exact) mass is 205 g/mol. The van der Waals surface area contributed by atoms with Crippen molar-refractivity contribution < 1.29 is 4.79 Å². The van der Waals surface area contributed by atoms with E-state index in [-0.39, 0.29) is 11.5 Å². The zero-order chi connectivity index (χ0) is 11.1. The van der Waals surface area contributed by atoms with Crippen LogP contribution in [0.1, 0.15) is 39.5 Å². The second kappa shape index (κ2) is 3.64. The van der Waals surface area contributed by atoms with E-state index in [0.29, 0.717) is 18.2 Å². The van der Waals surface area contributed by atoms with Crippen LogP contribution in [0.4, 0.5) is 0 Å². The van der Waals surface area contributed by atoms with Gasteiger partial charge in [-0.15, -0.1) is 6.42 Å². The predicted molar refractivity (Wildman–Crippen MR) is 60.4 cm³/mol. The molecule has 2 rings (SSSR count). The number of ketones is 1. The Kier molecular flexibility index (Phi) is 2.60. The fourth-order valence-electron chi connectivity index (χ4n) is 3.05. The van der Waals surface area contributed by atoms with Gasteiger partial charge in [0.15, 0.2) is 0 Å². The quantitative estimate of drug-likeness (QED) is 0.609. The Morgan fingerprint density at radius 3 is 2.87 bits per heavy atom. The first-order valence-corrected chi connectivity index (χ1v) is 5.83. The van der Waals surface area contributed by atoms with Crippen molar-refractivity contribution in [2.45, 2.75) is 51.1 Å². The Labute approximate surface area is 92.0 Å². The Bertz CT molecular complexity index is 313. The molecule has 1 saturated carbocycles. The lowest BCUT2D eigenvalue weighted by molar-refractivity contribution is -0.129. The minimum Gasteiger partial charge on any atom is -0.299 e. The molecule has 82 valence electrons. The zero-order valence-electron chi connectivity index (χ0n) is 9.62. The van der Waals surface area contributed by atoms with Crippen LogP contribution >= 0.6 is 0 Å². The number of terminal acetylenes is 1. The van der Waals surface area contributed by atoms with Gasteiger partial charge in [-0.05, 0) is 26.7 Å². The molecule has 0 aromatic rings. The molecule has 2 atom stereocenters. The Hall–Kier alpha value is -0.810. The summed E-state index contributed by atoms with van der Waals surface area (Å²) in [6.45, 7) is 5.01. The van der Waals surface area contributed by atoms with E-state index in [0.717, 1.165) is 19.4 Å². The number of carbonyl (C=O) groups excluding carboxylic acids is 1. The number of hydrogen-bond acceptors (Lipinski definition) is 2. The van der Waals surface area contributed by atoms with Gasteiger partial charge in [0.05, 0.1) is 5.54 Å². The summed E-state index contributed by atoms with van der Waals surface area (Å²) in [4.78, 5) is 14.1. The molecule has 0 bridgehead atoms. The third kappa shape index (κ3) is 1.70. The summed E-state index contributed by atoms with van der Waals surface area (Å²) in [7, 11) is 0. The Morgan fingerprint density at radius 2 is 2.20 bits per heavy atom. The van der Waals surface area contributed by atoms with Crippen LogP contribution in [-0.4, -0.2) is 28.8 Å². The van der Waals surface area contributed by atoms with Gasteiger partial charge in [-0.1, -0.05) is 12.3 Å². The fraction of sp³-hybridized carbons (Fsp3) is 0.769. The smallest absolute Gasteiger partial charge is 0.138 e. The standard InChI is InChI=1S/C13H19NO/c1-4-13(2,3)14-9-8-12(15)10-6-5-7-11(10)14/h1,10-11H,5-9H2,2-3H3/t10-,11-/m1/s1. The van der Waals surface area contributed by atoms with Gasteiger partial charge in [0.1, 0.15) is 5.78 Å². The summed E-state index contributed by atoms with van der Waals surface area (Å²) in [5, 5.41) is 0. The molecule has 2 fully saturated rings. The molecule has 2 aliphatic rings. The molecule has 15 heavy (non-hydrogen) atoms. The molecule has 0 aromatic heterocycles. The van der Waals surface area contributed by atoms with Crippen molar-refractivity contribution in [2.24, 2.45) is 5.92 Å². The summed E-state index contributed by atoms with van der Waals surface area (Å²) < 4.78 is 0. The highest BCUT2D eigenvalue weighted by Gasteiger charge is 2.44. The van der Waals surface area contributed by atoms with Gasteiger partial charge in [-0.2, -0.15) is 0 Å². The molecule has 0 N–H and O–H groups in total. The molecule has 2 heteroatoms. The molecular formula is C13H19NO. The molecule has 1 heterocycles. The van der Waals surface area contributed by atoms with Crippen LogP contribution in [0, 0.1) is 18.3 Å². The van der Waals surface area contributed by atoms with Gasteiger partial charge in [0, 0.05) is 24.9 Å². The highest BCUT2D eigenvalue weighted by atomic mass is 16.1. The molecule has 2 nitrogen and oxygen atoms in total. The van der Waals surface area contributed by atoms with Crippen LogP contribution in [0.5, 0.6) is 0 Å². The summed E-state index contributed by atoms with van der Waals surface area (Å²) in [5.74, 6) is 3.58. The van der Waals surface area contributed by atoms with Crippen molar-refractivity contribution in [1.29, 1.82) is 0 Å². The van der Waals surface area contributed by atoms with Gasteiger partial charge < -0.3 is 0 Å². The normalized spacial score (nSPS) is 32.5. The molecule has 1 aliphatic heterocycles. The van der Waals surface area contributed by atoms with E-state index in [1.807, 2.05) is 0 Å². The maximum absolute atomic E-state index is 11.8. The van der Waals surface area contributed by atoms with Crippen LogP contribution in [0.3, 0.4) is 0 Å². The number of hydrogen-bond donors (Lipinski definition) is 0. The topological polar surface area (TPSA) is 20.3 Å². The minimum atomic E-state index is -0.200. The van der Waals surface area contributed by atoms with Crippen LogP contribution in [0.2, 0.25) is 0 Å². The lowest BCUT2D eigenvalue weighted by atomic mass is 9.86. The number of rotatable bonds is 1. The molecule has 0 radical (unpaired) electrons. The molecule has 0 unspecified atom stereocenters. The van der Waals surface area contributed by atoms with Crippen molar-refractivity contribution in [3.05, 3.63) is 0 Å². The van der Waals surface area contributed by atoms with Crippen molar-refractivity contribution in [3.8, 4) is 12.3 Å². The van der Waals surface area contributed by atoms with Crippen molar-refractivity contribution in [2.75, 3.05) is 6.54 Å². The van der Waals surface area contributed by atoms with Crippen LogP contribution in [0.25, 0.3) is 0 Å². The van der Waals surface area contributed by atoms with E-state index < -0.39 is 0 Å². The first kappa shape index (κ1) is 10.7. The van der Waals surface area contributed by atoms with Crippen LogP contribution in [-0.2, 0) is 4.79 Å². The van der Waals surface area contributed by atoms with E-state index in [1.54, 1.807) is 0 Å². The summed E-state index contributed by atoms with van der Waals surface area (Å²) >= 11 is 0. The third-order valence-corrected chi connectivity index (χ3v) is 3.96. The number of likely N-dealkylation sites (tertiary alicyclic amines) is 1. The number of fused-ring (bicyclic) bond motifs is 1. The van der Waals surface area contributed by atoms with E-state index >= 15 is 0 Å². The van der Waals surface area contributed by atoms with Gasteiger partial charge in [-0.3, -0.25) is 9.69 Å². The number of Topliss-reactive ketones (excluding diaryl/α,β-unsaturated/α-hetero) is 1. The minimum absolute atomic E-state index is 0.200. The van der Waals surface area contributed by atoms with E-state index in [2.05, 4.69) is 24.7 Å². The molecule has 0 amide bonds. The summed E-state index contributed by atoms with van der Waals surface area (Å²) in [6.07, 6.45) is 9.65. The Balaban J connectivity index is 2.22. The van der Waals surface area contributed by atoms with E-state index in [4.69, 9.17) is 6.42 Å². The average molecular weight is 205 g/mol. The predicted octanol–water partition coefficient (Wildman–Crippen LogP) is 1.84. The fourth-order valence-corrected chi connectivity index (χ4v) is 3.05. The summed E-state index contributed by atoms with van der Waals surface area (Å²) in [5.41, 5.74) is -0.200. The molecule has 1 saturated heterocycles. The van der Waals surface area contributed by atoms with Crippen molar-refractivity contribution in [3.63, 3.8) is 0 Å².